The van der Waals surface area contributed by atoms with Crippen molar-refractivity contribution in [3.8, 4) is 0 Å². The number of esters is 1. The molecule has 12 nitrogen and oxygen atoms in total. The van der Waals surface area contributed by atoms with E-state index in [-0.39, 0.29) is 104 Å². The van der Waals surface area contributed by atoms with E-state index in [0.717, 1.165) is 38.5 Å². The van der Waals surface area contributed by atoms with Gasteiger partial charge in [0.05, 0.1) is 29.9 Å². The number of nitrogens with two attached hydrogens (primary N) is 1. The highest BCUT2D eigenvalue weighted by atomic mass is 32.3. The second-order valence-electron chi connectivity index (χ2n) is 25.2. The maximum absolute atomic E-state index is 13.5. The van der Waals surface area contributed by atoms with Crippen molar-refractivity contribution in [1.29, 1.82) is 0 Å². The topological polar surface area (TPSA) is 169 Å². The highest BCUT2D eigenvalue weighted by Gasteiger charge is 2.51. The highest BCUT2D eigenvalue weighted by Crippen LogP contribution is 2.50. The van der Waals surface area contributed by atoms with Gasteiger partial charge in [0.25, 0.3) is 0 Å². The highest BCUT2D eigenvalue weighted by molar-refractivity contribution is 7.95. The molecule has 0 spiro atoms. The number of aryl methyl sites for hydroxylation is 1. The van der Waals surface area contributed by atoms with Crippen LogP contribution < -0.4 is 5.14 Å². The molecule has 0 saturated heterocycles. The molecule has 1 amide bonds. The Labute approximate surface area is 443 Å². The minimum Gasteiger partial charge on any atom is -0.465 e. The van der Waals surface area contributed by atoms with E-state index in [1.54, 1.807) is 13.8 Å². The molecule has 1 aliphatic heterocycles. The third kappa shape index (κ3) is 16.3. The number of ether oxygens (including phenoxy) is 1. The molecule has 2 aromatic rings. The van der Waals surface area contributed by atoms with Crippen LogP contribution in [0.1, 0.15) is 158 Å². The summed E-state index contributed by atoms with van der Waals surface area (Å²) in [5.74, 6) is -0.173. The van der Waals surface area contributed by atoms with Gasteiger partial charge in [0.1, 0.15) is 15.0 Å². The number of amides is 1. The predicted molar refractivity (Wildman–Crippen MR) is 302 cm³/mol. The van der Waals surface area contributed by atoms with E-state index >= 15 is 0 Å². The lowest BCUT2D eigenvalue weighted by atomic mass is 9.85. The van der Waals surface area contributed by atoms with Gasteiger partial charge in [-0.15, -0.1) is 11.3 Å². The molecule has 72 heavy (non-hydrogen) atoms. The Balaban J connectivity index is 1.47. The number of primary sulfonamides is 1. The molecule has 1 aromatic carbocycles. The summed E-state index contributed by atoms with van der Waals surface area (Å²) in [6.07, 6.45) is 11.9. The Morgan fingerprint density at radius 2 is 1.40 bits per heavy atom. The predicted octanol–water partition coefficient (Wildman–Crippen LogP) is 13.1. The van der Waals surface area contributed by atoms with Crippen molar-refractivity contribution in [2.45, 2.75) is 239 Å². The minimum atomic E-state index is -4.15. The number of nitrogens with zero attached hydrogens (tertiary/aromatic N) is 1. The van der Waals surface area contributed by atoms with Crippen molar-refractivity contribution in [2.24, 2.45) is 17.0 Å². The van der Waals surface area contributed by atoms with Gasteiger partial charge in [0.2, 0.25) is 15.9 Å². The van der Waals surface area contributed by atoms with E-state index in [2.05, 4.69) is 144 Å². The lowest BCUT2D eigenvalue weighted by Crippen LogP contribution is -2.45. The number of allylic oxidation sites excluding steroid dienone is 2. The fraction of sp³-hybridized carbons (Fsp3) is 0.741. The molecule has 1 aliphatic carbocycles. The molecule has 2 unspecified atom stereocenters. The summed E-state index contributed by atoms with van der Waals surface area (Å²) in [4.78, 5) is 28.0. The zero-order valence-corrected chi connectivity index (χ0v) is 52.6. The molecule has 2 aliphatic rings. The van der Waals surface area contributed by atoms with E-state index in [1.165, 1.54) is 16.5 Å². The molecular formula is C54H94N2O10S3Si3. The van der Waals surface area contributed by atoms with E-state index in [0.29, 0.717) is 24.2 Å². The molecule has 18 heteroatoms. The van der Waals surface area contributed by atoms with Crippen molar-refractivity contribution in [2.75, 3.05) is 13.2 Å². The molecule has 1 saturated carbocycles. The van der Waals surface area contributed by atoms with Gasteiger partial charge in [-0.05, 0) is 149 Å². The molecule has 7 atom stereocenters. The van der Waals surface area contributed by atoms with E-state index in [9.17, 15) is 26.4 Å². The lowest BCUT2D eigenvalue weighted by molar-refractivity contribution is -0.145. The first kappa shape index (κ1) is 62.5. The summed E-state index contributed by atoms with van der Waals surface area (Å²) in [5.41, 5.74) is 1.60. The number of thiophene rings is 1. The van der Waals surface area contributed by atoms with Crippen molar-refractivity contribution in [3.63, 3.8) is 0 Å². The van der Waals surface area contributed by atoms with Crippen LogP contribution in [0.4, 0.5) is 0 Å². The maximum atomic E-state index is 13.5. The van der Waals surface area contributed by atoms with E-state index in [4.69, 9.17) is 23.2 Å². The van der Waals surface area contributed by atoms with Gasteiger partial charge in [0, 0.05) is 24.6 Å². The number of hydrogen-bond acceptors (Lipinski definition) is 11. The standard InChI is InChI=1S/C54H94N2O10S3Si3/c1-18-56(45-36-39(2)68(59,60)51-44(45)37-50(67-51)69(55,61)62)48(57)34-35-63-49(58)29-25-20-19-24-28-42-43(33-32-41(64-70(12,13)52(3,4)5)31-30-40-26-22-21-23-27-40)47(66-72(16,17)54(9,10)11)38-46(42)65-71(14,15)53(6,7)8/h19,21-24,26-27,37,39,41-43,45-47H,18,20,25,28-36,38H2,1-17H3,(H2,55,61,62)/b24-19-/t39-,41+,42+,43+,45-,46?,47?/m0/s1. The zero-order chi connectivity index (χ0) is 54.5. The van der Waals surface area contributed by atoms with Crippen LogP contribution in [0.25, 0.3) is 0 Å². The number of unbranched alkanes of at least 4 members (excludes halogenated alkanes) is 1. The number of benzene rings is 1. The van der Waals surface area contributed by atoms with Crippen LogP contribution in [0.5, 0.6) is 0 Å². The SMILES string of the molecule is CCN(C(=O)CCOC(=O)CCC/C=C\C[C@H]1C(O[Si](C)(C)C(C)(C)C)CC(O[Si](C)(C)C(C)(C)C)[C@@H]1CC[C@@H](CCc1ccccc1)O[Si](C)(C)C(C)(C)C)[C@H]1C[C@H](C)S(=O)(=O)c2sc(S(N)(=O)=O)cc21. The van der Waals surface area contributed by atoms with Gasteiger partial charge in [-0.25, -0.2) is 22.0 Å². The van der Waals surface area contributed by atoms with E-state index < -0.39 is 56.1 Å². The van der Waals surface area contributed by atoms with Crippen molar-refractivity contribution in [3.05, 3.63) is 59.7 Å². The van der Waals surface area contributed by atoms with E-state index in [1.807, 2.05) is 0 Å². The Morgan fingerprint density at radius 3 is 1.94 bits per heavy atom. The normalized spacial score (nSPS) is 22.8. The van der Waals surface area contributed by atoms with Gasteiger partial charge in [-0.3, -0.25) is 9.59 Å². The third-order valence-electron chi connectivity index (χ3n) is 16.8. The summed E-state index contributed by atoms with van der Waals surface area (Å²) < 4.78 is 78.0. The summed E-state index contributed by atoms with van der Waals surface area (Å²) in [6.45, 7) is 38.5. The smallest absolute Gasteiger partial charge is 0.305 e. The Morgan fingerprint density at radius 1 is 0.833 bits per heavy atom. The van der Waals surface area contributed by atoms with Gasteiger partial charge >= 0.3 is 5.97 Å². The lowest BCUT2D eigenvalue weighted by Gasteiger charge is -2.41. The van der Waals surface area contributed by atoms with Crippen LogP contribution in [0.15, 0.2) is 57.0 Å². The van der Waals surface area contributed by atoms with Gasteiger partial charge in [0.15, 0.2) is 34.8 Å². The van der Waals surface area contributed by atoms with Crippen LogP contribution in [-0.4, -0.2) is 95.3 Å². The quantitative estimate of drug-likeness (QED) is 0.0462. The fourth-order valence-corrected chi connectivity index (χ4v) is 17.8. The number of fused-ring (bicyclic) bond motifs is 1. The third-order valence-corrected chi connectivity index (χ3v) is 35.7. The van der Waals surface area contributed by atoms with Crippen LogP contribution >= 0.6 is 11.3 Å². The summed E-state index contributed by atoms with van der Waals surface area (Å²) in [7, 11) is -14.3. The number of hydrogen-bond donors (Lipinski definition) is 1. The number of carbonyl (C=O) groups is 2. The number of rotatable bonds is 24. The molecule has 0 radical (unpaired) electrons. The van der Waals surface area contributed by atoms with Crippen LogP contribution in [0, 0.1) is 11.8 Å². The number of carbonyl (C=O) groups excluding carboxylic acids is 2. The largest absolute Gasteiger partial charge is 0.465 e. The number of sulfone groups is 1. The Hall–Kier alpha value is -2.01. The van der Waals surface area contributed by atoms with Crippen molar-refractivity contribution in [1.82, 2.24) is 4.90 Å². The van der Waals surface area contributed by atoms with Crippen LogP contribution in [0.2, 0.25) is 54.4 Å². The fourth-order valence-electron chi connectivity index (χ4n) is 9.22. The molecule has 2 N–H and O–H groups in total. The zero-order valence-electron chi connectivity index (χ0n) is 47.2. The molecule has 1 fully saturated rings. The summed E-state index contributed by atoms with van der Waals surface area (Å²) in [5, 5.41) is 4.74. The van der Waals surface area contributed by atoms with Gasteiger partial charge in [-0.1, -0.05) is 105 Å². The molecule has 2 heterocycles. The first-order valence-electron chi connectivity index (χ1n) is 26.5. The summed E-state index contributed by atoms with van der Waals surface area (Å²) in [6, 6.07) is 11.4. The van der Waals surface area contributed by atoms with Crippen molar-refractivity contribution >= 4 is 68.0 Å². The molecule has 0 bridgehead atoms. The van der Waals surface area contributed by atoms with Crippen molar-refractivity contribution < 1.29 is 44.4 Å². The molecular weight excluding hydrogens is 1020 g/mol. The van der Waals surface area contributed by atoms with Crippen LogP contribution in [-0.2, 0) is 53.9 Å². The first-order valence-corrected chi connectivity index (χ1v) is 39.1. The Bertz CT molecular complexity index is 2370. The Kier molecular flexibility index (Phi) is 21.3. The average molecular weight is 1110 g/mol. The average Bonchev–Trinajstić information content (AvgIpc) is 3.84. The van der Waals surface area contributed by atoms with Gasteiger partial charge in [-0.2, -0.15) is 0 Å². The van der Waals surface area contributed by atoms with Gasteiger partial charge < -0.3 is 22.9 Å². The molecule has 410 valence electrons. The second-order valence-corrected chi connectivity index (χ2v) is 44.9. The second kappa shape index (κ2) is 24.5. The molecule has 4 rings (SSSR count). The summed E-state index contributed by atoms with van der Waals surface area (Å²) >= 11 is 0.622. The monoisotopic (exact) mass is 1110 g/mol. The first-order chi connectivity index (χ1) is 32.9. The van der Waals surface area contributed by atoms with Crippen LogP contribution in [0.3, 0.4) is 0 Å². The number of sulfonamides is 1. The maximum Gasteiger partial charge on any atom is 0.305 e. The minimum absolute atomic E-state index is 0.0496. The molecule has 1 aromatic heterocycles.